The molecule has 1 saturated heterocycles. The van der Waals surface area contributed by atoms with Crippen LogP contribution in [0, 0.1) is 11.3 Å². The third kappa shape index (κ3) is 3.53. The molecule has 1 fully saturated rings. The number of nitriles is 1. The maximum atomic E-state index is 13.1. The molecule has 0 radical (unpaired) electrons. The van der Waals surface area contributed by atoms with E-state index in [0.717, 1.165) is 11.3 Å². The zero-order chi connectivity index (χ0) is 21.1. The maximum absolute atomic E-state index is 13.1. The molecule has 1 amide bonds. The van der Waals surface area contributed by atoms with Crippen LogP contribution in [0.15, 0.2) is 72.8 Å². The number of ether oxygens (including phenoxy) is 3. The predicted octanol–water partition coefficient (Wildman–Crippen LogP) is 4.11. The van der Waals surface area contributed by atoms with Gasteiger partial charge in [-0.25, -0.2) is 0 Å². The average molecular weight is 400 g/mol. The van der Waals surface area contributed by atoms with Crippen LogP contribution in [-0.2, 0) is 4.79 Å². The van der Waals surface area contributed by atoms with Gasteiger partial charge in [-0.1, -0.05) is 18.2 Å². The summed E-state index contributed by atoms with van der Waals surface area (Å²) >= 11 is 0. The van der Waals surface area contributed by atoms with E-state index in [1.54, 1.807) is 43.4 Å². The van der Waals surface area contributed by atoms with Gasteiger partial charge in [0.25, 0.3) is 5.91 Å². The number of hydrogen-bond donors (Lipinski definition) is 0. The summed E-state index contributed by atoms with van der Waals surface area (Å²) in [5.41, 5.74) is 2.12. The van der Waals surface area contributed by atoms with Gasteiger partial charge < -0.3 is 14.2 Å². The van der Waals surface area contributed by atoms with Gasteiger partial charge >= 0.3 is 0 Å². The first kappa shape index (κ1) is 19.3. The topological polar surface area (TPSA) is 71.8 Å². The Labute approximate surface area is 174 Å². The molecule has 0 aliphatic carbocycles. The minimum atomic E-state index is -0.715. The van der Waals surface area contributed by atoms with Crippen LogP contribution in [-0.4, -0.2) is 26.2 Å². The summed E-state index contributed by atoms with van der Waals surface area (Å²) in [5.74, 6) is 1.74. The molecule has 0 aromatic heterocycles. The number of amides is 1. The number of rotatable bonds is 6. The molecule has 6 heteroatoms. The Balaban J connectivity index is 1.69. The third-order valence-electron chi connectivity index (χ3n) is 5.06. The van der Waals surface area contributed by atoms with Crippen LogP contribution in [0.25, 0.3) is 0 Å². The molecule has 0 bridgehead atoms. The SMILES string of the molecule is COc1ccc(N2C(=O)C(Oc3cccc(C#N)c3)C2c2cccc(OC)c2)cc1. The number of hydrogen-bond acceptors (Lipinski definition) is 5. The fourth-order valence-electron chi connectivity index (χ4n) is 3.54. The molecule has 4 rings (SSSR count). The van der Waals surface area contributed by atoms with Gasteiger partial charge in [-0.3, -0.25) is 9.69 Å². The second kappa shape index (κ2) is 8.18. The highest BCUT2D eigenvalue weighted by Gasteiger charge is 2.51. The molecule has 2 unspecified atom stereocenters. The zero-order valence-corrected chi connectivity index (χ0v) is 16.6. The largest absolute Gasteiger partial charge is 0.497 e. The molecule has 0 spiro atoms. The lowest BCUT2D eigenvalue weighted by molar-refractivity contribution is -0.135. The molecule has 1 aliphatic heterocycles. The summed E-state index contributed by atoms with van der Waals surface area (Å²) in [5, 5.41) is 9.14. The highest BCUT2D eigenvalue weighted by atomic mass is 16.5. The summed E-state index contributed by atoms with van der Waals surface area (Å²) in [6.07, 6.45) is -0.715. The van der Waals surface area contributed by atoms with Gasteiger partial charge in [0.2, 0.25) is 6.10 Å². The zero-order valence-electron chi connectivity index (χ0n) is 16.6. The van der Waals surface area contributed by atoms with Crippen molar-refractivity contribution in [2.45, 2.75) is 12.1 Å². The minimum absolute atomic E-state index is 0.157. The van der Waals surface area contributed by atoms with Gasteiger partial charge in [0.05, 0.1) is 25.9 Å². The fraction of sp³-hybridized carbons (Fsp3) is 0.167. The van der Waals surface area contributed by atoms with E-state index in [0.29, 0.717) is 22.8 Å². The Morgan fingerprint density at radius 3 is 2.27 bits per heavy atom. The van der Waals surface area contributed by atoms with Crippen LogP contribution in [0.1, 0.15) is 17.2 Å². The molecule has 1 heterocycles. The van der Waals surface area contributed by atoms with Gasteiger partial charge in [0, 0.05) is 5.69 Å². The quantitative estimate of drug-likeness (QED) is 0.582. The predicted molar refractivity (Wildman–Crippen MR) is 112 cm³/mol. The smallest absolute Gasteiger partial charge is 0.271 e. The van der Waals surface area contributed by atoms with Crippen molar-refractivity contribution in [3.8, 4) is 23.3 Å². The van der Waals surface area contributed by atoms with E-state index < -0.39 is 6.10 Å². The Hall–Kier alpha value is -3.98. The summed E-state index contributed by atoms with van der Waals surface area (Å²) in [6.45, 7) is 0. The summed E-state index contributed by atoms with van der Waals surface area (Å²) in [7, 11) is 3.20. The Morgan fingerprint density at radius 2 is 1.57 bits per heavy atom. The summed E-state index contributed by atoms with van der Waals surface area (Å²) in [6, 6.07) is 23.4. The highest BCUT2D eigenvalue weighted by Crippen LogP contribution is 2.42. The van der Waals surface area contributed by atoms with E-state index in [-0.39, 0.29) is 11.9 Å². The number of methoxy groups -OCH3 is 2. The second-order valence-corrected chi connectivity index (χ2v) is 6.81. The Kier molecular flexibility index (Phi) is 5.27. The van der Waals surface area contributed by atoms with E-state index in [1.165, 1.54) is 0 Å². The number of anilines is 1. The van der Waals surface area contributed by atoms with Crippen molar-refractivity contribution in [2.24, 2.45) is 0 Å². The molecular weight excluding hydrogens is 380 g/mol. The highest BCUT2D eigenvalue weighted by molar-refractivity contribution is 6.05. The molecule has 150 valence electrons. The number of β-lactam (4-membered cyclic amide) rings is 1. The molecule has 3 aromatic rings. The van der Waals surface area contributed by atoms with Crippen LogP contribution >= 0.6 is 0 Å². The number of carbonyl (C=O) groups is 1. The number of benzene rings is 3. The van der Waals surface area contributed by atoms with Crippen molar-refractivity contribution < 1.29 is 19.0 Å². The van der Waals surface area contributed by atoms with E-state index >= 15 is 0 Å². The monoisotopic (exact) mass is 400 g/mol. The number of nitrogens with zero attached hydrogens (tertiary/aromatic N) is 2. The Bertz CT molecular complexity index is 1100. The van der Waals surface area contributed by atoms with Gasteiger partial charge in [-0.2, -0.15) is 5.26 Å². The van der Waals surface area contributed by atoms with Crippen molar-refractivity contribution >= 4 is 11.6 Å². The van der Waals surface area contributed by atoms with Gasteiger partial charge in [0.15, 0.2) is 0 Å². The third-order valence-corrected chi connectivity index (χ3v) is 5.06. The molecular formula is C24H20N2O4. The maximum Gasteiger partial charge on any atom is 0.271 e. The summed E-state index contributed by atoms with van der Waals surface area (Å²) in [4.78, 5) is 14.8. The lowest BCUT2D eigenvalue weighted by Gasteiger charge is -2.46. The van der Waals surface area contributed by atoms with Crippen molar-refractivity contribution in [3.63, 3.8) is 0 Å². The van der Waals surface area contributed by atoms with Crippen LogP contribution in [0.5, 0.6) is 17.2 Å². The van der Waals surface area contributed by atoms with Crippen LogP contribution in [0.4, 0.5) is 5.69 Å². The molecule has 30 heavy (non-hydrogen) atoms. The van der Waals surface area contributed by atoms with E-state index in [1.807, 2.05) is 48.5 Å². The second-order valence-electron chi connectivity index (χ2n) is 6.81. The normalized spacial score (nSPS) is 17.6. The van der Waals surface area contributed by atoms with Crippen molar-refractivity contribution in [3.05, 3.63) is 83.9 Å². The van der Waals surface area contributed by atoms with Crippen molar-refractivity contribution in [2.75, 3.05) is 19.1 Å². The van der Waals surface area contributed by atoms with E-state index in [9.17, 15) is 4.79 Å². The first-order chi connectivity index (χ1) is 14.6. The first-order valence-corrected chi connectivity index (χ1v) is 9.42. The van der Waals surface area contributed by atoms with E-state index in [2.05, 4.69) is 6.07 Å². The molecule has 0 N–H and O–H groups in total. The molecule has 6 nitrogen and oxygen atoms in total. The fourth-order valence-corrected chi connectivity index (χ4v) is 3.54. The van der Waals surface area contributed by atoms with Crippen molar-refractivity contribution in [1.29, 1.82) is 5.26 Å². The number of carbonyl (C=O) groups excluding carboxylic acids is 1. The standard InChI is InChI=1S/C24H20N2O4/c1-28-19-11-9-18(10-12-19)26-22(17-6-4-7-20(14-17)29-2)23(24(26)27)30-21-8-3-5-16(13-21)15-25/h3-14,22-23H,1-2H3. The molecule has 1 aliphatic rings. The molecule has 2 atom stereocenters. The van der Waals surface area contributed by atoms with Gasteiger partial charge in [0.1, 0.15) is 23.3 Å². The van der Waals surface area contributed by atoms with Crippen LogP contribution in [0.2, 0.25) is 0 Å². The lowest BCUT2D eigenvalue weighted by atomic mass is 9.89. The van der Waals surface area contributed by atoms with Crippen molar-refractivity contribution in [1.82, 2.24) is 0 Å². The Morgan fingerprint density at radius 1 is 0.867 bits per heavy atom. The average Bonchev–Trinajstić information content (AvgIpc) is 2.81. The van der Waals surface area contributed by atoms with E-state index in [4.69, 9.17) is 19.5 Å². The van der Waals surface area contributed by atoms with Gasteiger partial charge in [-0.05, 0) is 60.2 Å². The van der Waals surface area contributed by atoms with Crippen LogP contribution in [0.3, 0.4) is 0 Å². The molecule has 0 saturated carbocycles. The van der Waals surface area contributed by atoms with Crippen LogP contribution < -0.4 is 19.1 Å². The summed E-state index contributed by atoms with van der Waals surface area (Å²) < 4.78 is 16.6. The van der Waals surface area contributed by atoms with Gasteiger partial charge in [-0.15, -0.1) is 0 Å². The lowest BCUT2D eigenvalue weighted by Crippen LogP contribution is -2.61. The molecule has 3 aromatic carbocycles. The minimum Gasteiger partial charge on any atom is -0.497 e. The first-order valence-electron chi connectivity index (χ1n) is 9.42.